The van der Waals surface area contributed by atoms with Gasteiger partial charge in [-0.25, -0.2) is 4.98 Å². The quantitative estimate of drug-likeness (QED) is 0.743. The highest BCUT2D eigenvalue weighted by molar-refractivity contribution is 6.34. The van der Waals surface area contributed by atoms with Gasteiger partial charge in [0, 0.05) is 32.1 Å². The Morgan fingerprint density at radius 1 is 1.30 bits per heavy atom. The lowest BCUT2D eigenvalue weighted by Crippen LogP contribution is -2.53. The van der Waals surface area contributed by atoms with Crippen molar-refractivity contribution in [2.75, 3.05) is 19.6 Å². The lowest BCUT2D eigenvalue weighted by molar-refractivity contribution is -0.130. The first-order chi connectivity index (χ1) is 9.56. The summed E-state index contributed by atoms with van der Waals surface area (Å²) in [5.74, 6) is -0.0440. The van der Waals surface area contributed by atoms with E-state index in [1.165, 1.54) is 0 Å². The molecule has 0 spiro atoms. The van der Waals surface area contributed by atoms with Gasteiger partial charge in [0.15, 0.2) is 0 Å². The first-order valence-corrected chi connectivity index (χ1v) is 7.22. The summed E-state index contributed by atoms with van der Waals surface area (Å²) in [6, 6.07) is 3.24. The molecule has 0 saturated carbocycles. The highest BCUT2D eigenvalue weighted by Gasteiger charge is 2.37. The Bertz CT molecular complexity index is 579. The smallest absolute Gasteiger partial charge is 0.274 e. The van der Waals surface area contributed by atoms with E-state index in [2.05, 4.69) is 4.98 Å². The number of aromatic nitrogens is 1. The standard InChI is InChI=1S/C13H13Cl2N3O2/c14-9-2-3-10(15)16-12(9)13(20)17-5-6-18-8(7-17)1-4-11(18)19/h2-3,8H,1,4-7H2. The predicted molar refractivity (Wildman–Crippen MR) is 74.9 cm³/mol. The Hall–Kier alpha value is -1.33. The number of fused-ring (bicyclic) bond motifs is 1. The van der Waals surface area contributed by atoms with E-state index < -0.39 is 0 Å². The molecule has 1 aromatic heterocycles. The minimum absolute atomic E-state index is 0.123. The molecule has 1 unspecified atom stereocenters. The molecule has 2 aliphatic heterocycles. The Morgan fingerprint density at radius 3 is 2.90 bits per heavy atom. The Labute approximate surface area is 126 Å². The maximum absolute atomic E-state index is 12.5. The fourth-order valence-electron chi connectivity index (χ4n) is 2.77. The van der Waals surface area contributed by atoms with E-state index in [4.69, 9.17) is 23.2 Å². The van der Waals surface area contributed by atoms with Crippen LogP contribution in [0.1, 0.15) is 23.3 Å². The van der Waals surface area contributed by atoms with Crippen LogP contribution in [-0.2, 0) is 4.79 Å². The SMILES string of the molecule is O=C(c1nc(Cl)ccc1Cl)N1CCN2C(=O)CCC2C1. The molecule has 0 N–H and O–H groups in total. The van der Waals surface area contributed by atoms with Gasteiger partial charge in [-0.3, -0.25) is 9.59 Å². The number of amides is 2. The number of hydrogen-bond donors (Lipinski definition) is 0. The number of pyridine rings is 1. The third kappa shape index (κ3) is 2.36. The minimum Gasteiger partial charge on any atom is -0.336 e. The lowest BCUT2D eigenvalue weighted by atomic mass is 10.1. The van der Waals surface area contributed by atoms with Crippen molar-refractivity contribution in [3.05, 3.63) is 28.0 Å². The van der Waals surface area contributed by atoms with Crippen LogP contribution in [0.4, 0.5) is 0 Å². The summed E-state index contributed by atoms with van der Waals surface area (Å²) >= 11 is 11.8. The van der Waals surface area contributed by atoms with Crippen LogP contribution in [0.3, 0.4) is 0 Å². The molecular formula is C13H13Cl2N3O2. The van der Waals surface area contributed by atoms with E-state index in [-0.39, 0.29) is 28.7 Å². The molecule has 2 fully saturated rings. The van der Waals surface area contributed by atoms with Crippen LogP contribution in [-0.4, -0.2) is 52.3 Å². The normalized spacial score (nSPS) is 22.1. The van der Waals surface area contributed by atoms with Gasteiger partial charge < -0.3 is 9.80 Å². The molecule has 20 heavy (non-hydrogen) atoms. The molecule has 3 rings (SSSR count). The molecule has 0 aromatic carbocycles. The van der Waals surface area contributed by atoms with Gasteiger partial charge in [0.1, 0.15) is 10.8 Å². The zero-order valence-electron chi connectivity index (χ0n) is 10.7. The Balaban J connectivity index is 1.78. The summed E-state index contributed by atoms with van der Waals surface area (Å²) in [4.78, 5) is 31.7. The Kier molecular flexibility index (Phi) is 3.56. The molecule has 0 radical (unpaired) electrons. The van der Waals surface area contributed by atoms with Crippen molar-refractivity contribution in [2.24, 2.45) is 0 Å². The maximum atomic E-state index is 12.5. The molecular weight excluding hydrogens is 301 g/mol. The van der Waals surface area contributed by atoms with Gasteiger partial charge >= 0.3 is 0 Å². The van der Waals surface area contributed by atoms with E-state index in [0.29, 0.717) is 31.1 Å². The number of rotatable bonds is 1. The number of hydrogen-bond acceptors (Lipinski definition) is 3. The van der Waals surface area contributed by atoms with Crippen molar-refractivity contribution in [2.45, 2.75) is 18.9 Å². The zero-order chi connectivity index (χ0) is 14.3. The molecule has 2 amide bonds. The summed E-state index contributed by atoms with van der Waals surface area (Å²) in [5.41, 5.74) is 0.178. The maximum Gasteiger partial charge on any atom is 0.274 e. The molecule has 1 aromatic rings. The largest absolute Gasteiger partial charge is 0.336 e. The minimum atomic E-state index is -0.225. The van der Waals surface area contributed by atoms with E-state index in [9.17, 15) is 9.59 Å². The third-order valence-electron chi connectivity index (χ3n) is 3.80. The van der Waals surface area contributed by atoms with E-state index in [1.54, 1.807) is 17.0 Å². The van der Waals surface area contributed by atoms with E-state index in [0.717, 1.165) is 6.42 Å². The van der Waals surface area contributed by atoms with Crippen LogP contribution in [0, 0.1) is 0 Å². The second kappa shape index (κ2) is 5.22. The van der Waals surface area contributed by atoms with Gasteiger partial charge in [0.2, 0.25) is 5.91 Å². The summed E-state index contributed by atoms with van der Waals surface area (Å²) in [6.45, 7) is 1.62. The van der Waals surface area contributed by atoms with Crippen LogP contribution in [0.15, 0.2) is 12.1 Å². The third-order valence-corrected chi connectivity index (χ3v) is 4.31. The highest BCUT2D eigenvalue weighted by atomic mass is 35.5. The summed E-state index contributed by atoms with van der Waals surface area (Å²) in [7, 11) is 0. The van der Waals surface area contributed by atoms with Crippen molar-refractivity contribution in [1.29, 1.82) is 0 Å². The second-order valence-corrected chi connectivity index (χ2v) is 5.79. The van der Waals surface area contributed by atoms with Crippen LogP contribution in [0.25, 0.3) is 0 Å². The first-order valence-electron chi connectivity index (χ1n) is 6.47. The fraction of sp³-hybridized carbons (Fsp3) is 0.462. The average molecular weight is 314 g/mol. The fourth-order valence-corrected chi connectivity index (χ4v) is 3.10. The topological polar surface area (TPSA) is 53.5 Å². The van der Waals surface area contributed by atoms with Gasteiger partial charge in [-0.05, 0) is 18.6 Å². The van der Waals surface area contributed by atoms with Crippen LogP contribution in [0.5, 0.6) is 0 Å². The summed E-state index contributed by atoms with van der Waals surface area (Å²) < 4.78 is 0. The Morgan fingerprint density at radius 2 is 2.10 bits per heavy atom. The second-order valence-electron chi connectivity index (χ2n) is 5.00. The van der Waals surface area contributed by atoms with Crippen LogP contribution < -0.4 is 0 Å². The molecule has 106 valence electrons. The highest BCUT2D eigenvalue weighted by Crippen LogP contribution is 2.25. The summed E-state index contributed by atoms with van der Waals surface area (Å²) in [5, 5.41) is 0.539. The molecule has 7 heteroatoms. The molecule has 3 heterocycles. The van der Waals surface area contributed by atoms with Gasteiger partial charge in [0.05, 0.1) is 5.02 Å². The summed E-state index contributed by atoms with van der Waals surface area (Å²) in [6.07, 6.45) is 1.38. The van der Waals surface area contributed by atoms with Gasteiger partial charge in [-0.1, -0.05) is 23.2 Å². The molecule has 1 atom stereocenters. The van der Waals surface area contributed by atoms with E-state index in [1.807, 2.05) is 4.90 Å². The molecule has 2 aliphatic rings. The van der Waals surface area contributed by atoms with Crippen molar-refractivity contribution < 1.29 is 9.59 Å². The number of carbonyl (C=O) groups is 2. The number of carbonyl (C=O) groups excluding carboxylic acids is 2. The molecule has 2 saturated heterocycles. The number of piperazine rings is 1. The van der Waals surface area contributed by atoms with E-state index >= 15 is 0 Å². The van der Waals surface area contributed by atoms with Crippen molar-refractivity contribution in [3.8, 4) is 0 Å². The van der Waals surface area contributed by atoms with Crippen molar-refractivity contribution in [3.63, 3.8) is 0 Å². The van der Waals surface area contributed by atoms with Crippen molar-refractivity contribution >= 4 is 35.0 Å². The van der Waals surface area contributed by atoms with Crippen LogP contribution >= 0.6 is 23.2 Å². The molecule has 0 bridgehead atoms. The molecule has 0 aliphatic carbocycles. The monoisotopic (exact) mass is 313 g/mol. The van der Waals surface area contributed by atoms with Crippen LogP contribution in [0.2, 0.25) is 10.2 Å². The van der Waals surface area contributed by atoms with Gasteiger partial charge in [-0.15, -0.1) is 0 Å². The zero-order valence-corrected chi connectivity index (χ0v) is 12.2. The van der Waals surface area contributed by atoms with Gasteiger partial charge in [-0.2, -0.15) is 0 Å². The first kappa shape index (κ1) is 13.6. The van der Waals surface area contributed by atoms with Crippen molar-refractivity contribution in [1.82, 2.24) is 14.8 Å². The van der Waals surface area contributed by atoms with Gasteiger partial charge in [0.25, 0.3) is 5.91 Å². The number of halogens is 2. The lowest BCUT2D eigenvalue weighted by Gasteiger charge is -2.37. The number of nitrogens with zero attached hydrogens (tertiary/aromatic N) is 3. The molecule has 5 nitrogen and oxygen atoms in total. The predicted octanol–water partition coefficient (Wildman–Crippen LogP) is 1.84. The average Bonchev–Trinajstić information content (AvgIpc) is 2.82.